The quantitative estimate of drug-likeness (QED) is 0.285. The van der Waals surface area contributed by atoms with Crippen LogP contribution < -0.4 is 20.7 Å². The minimum atomic E-state index is -4.79. The van der Waals surface area contributed by atoms with Gasteiger partial charge in [-0.15, -0.1) is 13.2 Å². The normalized spacial score (nSPS) is 31.9. The Balaban J connectivity index is 1.08. The first-order valence-electron chi connectivity index (χ1n) is 15.2. The monoisotopic (exact) mass is 584 g/mol. The molecule has 3 unspecified atom stereocenters. The van der Waals surface area contributed by atoms with Crippen molar-refractivity contribution in [3.63, 3.8) is 0 Å². The third-order valence-electron chi connectivity index (χ3n) is 10.0. The van der Waals surface area contributed by atoms with Crippen LogP contribution in [0.3, 0.4) is 0 Å². The number of aromatic nitrogens is 2. The first-order valence-corrected chi connectivity index (χ1v) is 15.2. The zero-order chi connectivity index (χ0) is 29.3. The maximum absolute atomic E-state index is 12.8. The molecule has 8 nitrogen and oxygen atoms in total. The van der Waals surface area contributed by atoms with Crippen molar-refractivity contribution in [1.82, 2.24) is 15.3 Å². The second-order valence-electron chi connectivity index (χ2n) is 13.0. The molecule has 5 fully saturated rings. The molecule has 5 saturated carbocycles. The van der Waals surface area contributed by atoms with Crippen molar-refractivity contribution >= 4 is 11.8 Å². The smallest absolute Gasteiger partial charge is 0.405 e. The van der Waals surface area contributed by atoms with Crippen molar-refractivity contribution in [1.29, 1.82) is 5.26 Å². The van der Waals surface area contributed by atoms with E-state index in [1.54, 1.807) is 12.1 Å². The van der Waals surface area contributed by atoms with Crippen LogP contribution in [0.25, 0.3) is 0 Å². The lowest BCUT2D eigenvalue weighted by Gasteiger charge is -2.60. The van der Waals surface area contributed by atoms with Gasteiger partial charge in [0, 0.05) is 24.7 Å². The molecule has 4 bridgehead atoms. The van der Waals surface area contributed by atoms with Gasteiger partial charge in [-0.1, -0.05) is 18.2 Å². The molecule has 2 aromatic rings. The van der Waals surface area contributed by atoms with Gasteiger partial charge in [-0.05, 0) is 99.5 Å². The molecule has 1 aromatic heterocycles. The second-order valence-corrected chi connectivity index (χ2v) is 13.0. The van der Waals surface area contributed by atoms with Crippen molar-refractivity contribution < 1.29 is 23.0 Å². The Morgan fingerprint density at radius 2 is 1.79 bits per heavy atom. The zero-order valence-electron chi connectivity index (χ0n) is 23.7. The van der Waals surface area contributed by atoms with E-state index >= 15 is 0 Å². The third-order valence-corrected chi connectivity index (χ3v) is 10.0. The summed E-state index contributed by atoms with van der Waals surface area (Å²) in [5, 5.41) is 30.0. The molecule has 5 aliphatic rings. The molecule has 0 radical (unpaired) electrons. The molecule has 226 valence electrons. The van der Waals surface area contributed by atoms with E-state index in [4.69, 9.17) is 0 Å². The van der Waals surface area contributed by atoms with E-state index < -0.39 is 6.36 Å². The number of aliphatic hydroxyl groups excluding tert-OH is 1. The van der Waals surface area contributed by atoms with Crippen molar-refractivity contribution in [3.05, 3.63) is 41.6 Å². The van der Waals surface area contributed by atoms with E-state index in [-0.39, 0.29) is 29.8 Å². The molecule has 0 amide bonds. The largest absolute Gasteiger partial charge is 0.573 e. The van der Waals surface area contributed by atoms with Gasteiger partial charge in [0.1, 0.15) is 23.2 Å². The first kappa shape index (κ1) is 29.0. The van der Waals surface area contributed by atoms with Gasteiger partial charge in [-0.3, -0.25) is 0 Å². The molecule has 5 atom stereocenters. The van der Waals surface area contributed by atoms with Gasteiger partial charge in [0.25, 0.3) is 0 Å². The second kappa shape index (κ2) is 11.9. The summed E-state index contributed by atoms with van der Waals surface area (Å²) in [5.41, 5.74) is 0.821. The van der Waals surface area contributed by atoms with Gasteiger partial charge in [0.2, 0.25) is 5.95 Å². The summed E-state index contributed by atoms with van der Waals surface area (Å²) >= 11 is 0. The number of para-hydroxylation sites is 1. The number of nitrogens with one attached hydrogen (secondary N) is 3. The van der Waals surface area contributed by atoms with E-state index in [0.717, 1.165) is 57.5 Å². The van der Waals surface area contributed by atoms with Crippen molar-refractivity contribution in [2.45, 2.75) is 82.8 Å². The summed E-state index contributed by atoms with van der Waals surface area (Å²) in [6.07, 6.45) is 6.66. The van der Waals surface area contributed by atoms with Crippen LogP contribution in [0, 0.1) is 40.4 Å². The summed E-state index contributed by atoms with van der Waals surface area (Å²) in [7, 11) is 0. The summed E-state index contributed by atoms with van der Waals surface area (Å²) in [4.78, 5) is 8.74. The Kier molecular flexibility index (Phi) is 8.20. The maximum Gasteiger partial charge on any atom is 0.573 e. The minimum Gasteiger partial charge on any atom is -0.405 e. The molecule has 1 aromatic carbocycles. The fourth-order valence-corrected chi connectivity index (χ4v) is 8.40. The summed E-state index contributed by atoms with van der Waals surface area (Å²) in [6.45, 7) is 1.81. The van der Waals surface area contributed by atoms with Crippen LogP contribution in [0.5, 0.6) is 5.75 Å². The fraction of sp³-hybridized carbons (Fsp3) is 0.645. The molecule has 5 aliphatic carbocycles. The number of anilines is 2. The number of hydrogen-bond acceptors (Lipinski definition) is 8. The number of halogens is 3. The van der Waals surface area contributed by atoms with Gasteiger partial charge in [-0.25, -0.2) is 4.98 Å². The van der Waals surface area contributed by atoms with Crippen molar-refractivity contribution in [2.75, 3.05) is 23.7 Å². The number of nitrogens with zero attached hydrogens (tertiary/aromatic N) is 3. The minimum absolute atomic E-state index is 0.0302. The Morgan fingerprint density at radius 1 is 1.05 bits per heavy atom. The Bertz CT molecular complexity index is 1280. The fourth-order valence-electron chi connectivity index (χ4n) is 8.40. The average Bonchev–Trinajstić information content (AvgIpc) is 2.95. The standard InChI is InChI=1S/C31H39F3N6O2/c32-31(33,34)42-26-4-2-1-3-21(26)16-37-29-38-17-24(14-35)28(40-29)39-18-30-11-20-9-22(12-30)27(23(10-20)13-30)36-15-19-5-7-25(41)8-6-19/h1-4,17,19-20,22-23,25,27,36,41H,5-13,15-16,18H2,(H2,37,38,39,40)/t19?,20?,22-,23+,25?,27?,30?. The molecule has 4 N–H and O–H groups in total. The van der Waals surface area contributed by atoms with Gasteiger partial charge < -0.3 is 25.8 Å². The molecule has 0 saturated heterocycles. The molecule has 1 heterocycles. The lowest BCUT2D eigenvalue weighted by Crippen LogP contribution is -2.60. The molecule has 42 heavy (non-hydrogen) atoms. The molecular formula is C31H39F3N6O2. The highest BCUT2D eigenvalue weighted by molar-refractivity contribution is 5.53. The van der Waals surface area contributed by atoms with E-state index in [2.05, 4.69) is 36.7 Å². The highest BCUT2D eigenvalue weighted by Gasteiger charge is 2.55. The number of alkyl halides is 3. The van der Waals surface area contributed by atoms with Crippen LogP contribution >= 0.6 is 0 Å². The predicted molar refractivity (Wildman–Crippen MR) is 151 cm³/mol. The van der Waals surface area contributed by atoms with Crippen LogP contribution in [0.15, 0.2) is 30.5 Å². The number of ether oxygens (including phenoxy) is 1. The van der Waals surface area contributed by atoms with Crippen LogP contribution in [0.2, 0.25) is 0 Å². The SMILES string of the molecule is N#Cc1cnc(NCc2ccccc2OC(F)(F)F)nc1NCC12CC3C[C@H](C1)C(NCC1CCC(O)CC1)[C@@H](C3)C2. The number of hydrogen-bond donors (Lipinski definition) is 4. The summed E-state index contributed by atoms with van der Waals surface area (Å²) in [6, 6.07) is 8.66. The Labute approximate surface area is 244 Å². The number of benzene rings is 1. The van der Waals surface area contributed by atoms with Gasteiger partial charge in [0.05, 0.1) is 12.3 Å². The van der Waals surface area contributed by atoms with Crippen molar-refractivity contribution in [2.24, 2.45) is 29.1 Å². The maximum atomic E-state index is 12.8. The topological polar surface area (TPSA) is 115 Å². The molecule has 7 rings (SSSR count). The number of aliphatic hydroxyl groups is 1. The third kappa shape index (κ3) is 6.60. The molecule has 0 spiro atoms. The van der Waals surface area contributed by atoms with Crippen LogP contribution in [-0.4, -0.2) is 46.7 Å². The number of nitriles is 1. The van der Waals surface area contributed by atoms with Crippen molar-refractivity contribution in [3.8, 4) is 11.8 Å². The lowest BCUT2D eigenvalue weighted by atomic mass is 9.48. The van der Waals surface area contributed by atoms with Crippen LogP contribution in [0.1, 0.15) is 68.9 Å². The van der Waals surface area contributed by atoms with E-state index in [1.807, 2.05) is 0 Å². The predicted octanol–water partition coefficient (Wildman–Crippen LogP) is 5.61. The zero-order valence-corrected chi connectivity index (χ0v) is 23.7. The average molecular weight is 585 g/mol. The van der Waals surface area contributed by atoms with E-state index in [0.29, 0.717) is 40.7 Å². The van der Waals surface area contributed by atoms with Crippen LogP contribution in [0.4, 0.5) is 24.9 Å². The Hall–Kier alpha value is -3.10. The van der Waals surface area contributed by atoms with E-state index in [9.17, 15) is 23.5 Å². The first-order chi connectivity index (χ1) is 20.2. The van der Waals surface area contributed by atoms with Gasteiger partial charge in [-0.2, -0.15) is 10.2 Å². The summed E-state index contributed by atoms with van der Waals surface area (Å²) < 4.78 is 42.6. The molecule has 11 heteroatoms. The lowest BCUT2D eigenvalue weighted by molar-refractivity contribution is -0.274. The summed E-state index contributed by atoms with van der Waals surface area (Å²) in [5.74, 6) is 3.11. The number of rotatable bonds is 10. The van der Waals surface area contributed by atoms with Crippen LogP contribution in [-0.2, 0) is 6.54 Å². The van der Waals surface area contributed by atoms with Gasteiger partial charge >= 0.3 is 6.36 Å². The Morgan fingerprint density at radius 3 is 2.50 bits per heavy atom. The highest BCUT2D eigenvalue weighted by Crippen LogP contribution is 2.60. The van der Waals surface area contributed by atoms with Gasteiger partial charge in [0.15, 0.2) is 0 Å². The van der Waals surface area contributed by atoms with E-state index in [1.165, 1.54) is 37.6 Å². The molecular weight excluding hydrogens is 545 g/mol. The highest BCUT2D eigenvalue weighted by atomic mass is 19.4. The molecule has 0 aliphatic heterocycles.